The summed E-state index contributed by atoms with van der Waals surface area (Å²) in [7, 11) is 0. The van der Waals surface area contributed by atoms with Crippen molar-refractivity contribution in [3.05, 3.63) is 24.4 Å². The summed E-state index contributed by atoms with van der Waals surface area (Å²) in [5.74, 6) is 0.945. The van der Waals surface area contributed by atoms with Gasteiger partial charge in [0.2, 0.25) is 0 Å². The van der Waals surface area contributed by atoms with Crippen molar-refractivity contribution in [3.63, 3.8) is 0 Å². The van der Waals surface area contributed by atoms with Crippen molar-refractivity contribution in [1.82, 2.24) is 14.9 Å². The third-order valence-electron chi connectivity index (χ3n) is 4.58. The van der Waals surface area contributed by atoms with E-state index in [1.54, 1.807) is 4.90 Å². The second-order valence-electron chi connectivity index (χ2n) is 9.14. The summed E-state index contributed by atoms with van der Waals surface area (Å²) in [6.45, 7) is 8.47. The third-order valence-corrected chi connectivity index (χ3v) is 9.75. The Morgan fingerprint density at radius 1 is 1.11 bits per heavy atom. The van der Waals surface area contributed by atoms with Crippen molar-refractivity contribution >= 4 is 44.9 Å². The van der Waals surface area contributed by atoms with Gasteiger partial charge in [-0.05, 0) is 20.8 Å². The molecule has 6 nitrogen and oxygen atoms in total. The second kappa shape index (κ2) is 7.45. The minimum absolute atomic E-state index is 0.237. The number of aromatic nitrogens is 2. The van der Waals surface area contributed by atoms with Crippen LogP contribution in [0.25, 0.3) is 10.9 Å². The van der Waals surface area contributed by atoms with Gasteiger partial charge in [0.15, 0.2) is 0 Å². The Kier molecular flexibility index (Phi) is 5.56. The number of nitrogens with zero attached hydrogens (tertiary/aromatic N) is 4. The topological polar surface area (TPSA) is 58.6 Å². The number of hydrogen-bond acceptors (Lipinski definition) is 5. The number of ether oxygens (including phenoxy) is 1. The van der Waals surface area contributed by atoms with Gasteiger partial charge in [-0.15, -0.1) is 0 Å². The molecule has 0 unspecified atom stereocenters. The van der Waals surface area contributed by atoms with Crippen molar-refractivity contribution < 1.29 is 9.53 Å². The molecule has 1 fully saturated rings. The first-order valence-corrected chi connectivity index (χ1v) is 19.5. The van der Waals surface area contributed by atoms with Gasteiger partial charge < -0.3 is 0 Å². The average molecular weight is 477 g/mol. The van der Waals surface area contributed by atoms with E-state index in [0.29, 0.717) is 13.1 Å². The van der Waals surface area contributed by atoms with Gasteiger partial charge in [0.1, 0.15) is 5.60 Å². The van der Waals surface area contributed by atoms with Crippen molar-refractivity contribution in [2.75, 3.05) is 31.1 Å². The molecule has 146 valence electrons. The van der Waals surface area contributed by atoms with Crippen LogP contribution in [0.4, 0.5) is 10.6 Å². The molecule has 3 heterocycles. The molecule has 1 aliphatic heterocycles. The summed E-state index contributed by atoms with van der Waals surface area (Å²) in [4.78, 5) is 32.8. The standard InChI is InChI=1S/C17H21N4O2.3CH3.Sn/c1-17(2,3)23-16(22)21-10-8-20(9-11-21)15-5-4-13-6-7-18-12-14(13)19-15;;;;/h4-6,12H,8-11H2,1-3H3;3*1H3;. The fraction of sp³-hybridized carbons (Fsp3) is 0.550. The SMILES string of the molecule is CC(C)(C)OC(=O)N1CCN(c2ccc3c[c]([Sn]([CH3])([CH3])[CH3])ncc3n2)CC1. The Hall–Kier alpha value is -1.57. The van der Waals surface area contributed by atoms with E-state index in [2.05, 4.69) is 42.9 Å². The van der Waals surface area contributed by atoms with Gasteiger partial charge in [0, 0.05) is 0 Å². The van der Waals surface area contributed by atoms with E-state index < -0.39 is 24.0 Å². The van der Waals surface area contributed by atoms with Crippen molar-refractivity contribution in [1.29, 1.82) is 0 Å². The van der Waals surface area contributed by atoms with Crippen molar-refractivity contribution in [2.45, 2.75) is 41.2 Å². The number of carbonyl (C=O) groups excluding carboxylic acids is 1. The molecule has 0 radical (unpaired) electrons. The summed E-state index contributed by atoms with van der Waals surface area (Å²) in [5.41, 5.74) is 0.471. The molecule has 0 bridgehead atoms. The predicted molar refractivity (Wildman–Crippen MR) is 113 cm³/mol. The molecular formula is C20H30N4O2Sn. The fourth-order valence-electron chi connectivity index (χ4n) is 3.05. The summed E-state index contributed by atoms with van der Waals surface area (Å²) in [6.07, 6.45) is 1.67. The molecule has 7 heteroatoms. The van der Waals surface area contributed by atoms with Crippen molar-refractivity contribution in [3.8, 4) is 0 Å². The molecular weight excluding hydrogens is 447 g/mol. The number of fused-ring (bicyclic) bond motifs is 1. The molecule has 2 aromatic rings. The van der Waals surface area contributed by atoms with Gasteiger partial charge >= 0.3 is 140 Å². The molecule has 3 rings (SSSR count). The zero-order valence-corrected chi connectivity index (χ0v) is 20.1. The Balaban J connectivity index is 1.69. The maximum absolute atomic E-state index is 12.2. The summed E-state index contributed by atoms with van der Waals surface area (Å²) in [5, 5.41) is 1.16. The Morgan fingerprint density at radius 3 is 2.37 bits per heavy atom. The van der Waals surface area contributed by atoms with E-state index in [0.717, 1.165) is 29.8 Å². The molecule has 1 amide bonds. The molecule has 0 N–H and O–H groups in total. The van der Waals surface area contributed by atoms with Gasteiger partial charge in [-0.25, -0.2) is 0 Å². The number of piperazine rings is 1. The van der Waals surface area contributed by atoms with Crippen LogP contribution in [-0.2, 0) is 4.74 Å². The van der Waals surface area contributed by atoms with E-state index in [4.69, 9.17) is 9.72 Å². The predicted octanol–water partition coefficient (Wildman–Crippen LogP) is 3.23. The molecule has 27 heavy (non-hydrogen) atoms. The Morgan fingerprint density at radius 2 is 1.78 bits per heavy atom. The van der Waals surface area contributed by atoms with E-state index in [1.807, 2.05) is 27.0 Å². The fourth-order valence-corrected chi connectivity index (χ4v) is 6.02. The van der Waals surface area contributed by atoms with E-state index in [1.165, 1.54) is 3.71 Å². The molecule has 0 aliphatic carbocycles. The average Bonchev–Trinajstić information content (AvgIpc) is 2.58. The van der Waals surface area contributed by atoms with Crippen LogP contribution in [0, 0.1) is 0 Å². The van der Waals surface area contributed by atoms with Crippen LogP contribution in [0.2, 0.25) is 14.8 Å². The minimum atomic E-state index is -2.17. The number of hydrogen-bond donors (Lipinski definition) is 0. The van der Waals surface area contributed by atoms with Crippen LogP contribution in [0.5, 0.6) is 0 Å². The summed E-state index contributed by atoms with van der Waals surface area (Å²) < 4.78 is 6.74. The zero-order valence-electron chi connectivity index (χ0n) is 17.2. The van der Waals surface area contributed by atoms with Gasteiger partial charge in [-0.1, -0.05) is 0 Å². The van der Waals surface area contributed by atoms with Crippen LogP contribution >= 0.6 is 0 Å². The van der Waals surface area contributed by atoms with Crippen LogP contribution in [-0.4, -0.2) is 71.1 Å². The monoisotopic (exact) mass is 478 g/mol. The first-order chi connectivity index (χ1) is 12.5. The molecule has 1 aliphatic rings. The van der Waals surface area contributed by atoms with Gasteiger partial charge in [-0.3, -0.25) is 0 Å². The van der Waals surface area contributed by atoms with Gasteiger partial charge in [-0.2, -0.15) is 0 Å². The number of pyridine rings is 2. The number of rotatable bonds is 2. The third kappa shape index (κ3) is 5.03. The zero-order chi connectivity index (χ0) is 19.8. The number of carbonyl (C=O) groups is 1. The van der Waals surface area contributed by atoms with Crippen LogP contribution < -0.4 is 8.61 Å². The molecule has 0 aromatic carbocycles. The molecule has 0 saturated carbocycles. The maximum atomic E-state index is 12.2. The Labute approximate surface area is 165 Å². The number of anilines is 1. The van der Waals surface area contributed by atoms with Gasteiger partial charge in [0.05, 0.1) is 0 Å². The number of amides is 1. The summed E-state index contributed by atoms with van der Waals surface area (Å²) in [6, 6.07) is 6.43. The first kappa shape index (κ1) is 20.2. The quantitative estimate of drug-likeness (QED) is 0.622. The summed E-state index contributed by atoms with van der Waals surface area (Å²) >= 11 is -2.17. The molecule has 0 atom stereocenters. The van der Waals surface area contributed by atoms with Crippen LogP contribution in [0.15, 0.2) is 24.4 Å². The first-order valence-electron chi connectivity index (χ1n) is 9.53. The van der Waals surface area contributed by atoms with Crippen LogP contribution in [0.3, 0.4) is 0 Å². The van der Waals surface area contributed by atoms with Crippen LogP contribution in [0.1, 0.15) is 20.8 Å². The Bertz CT molecular complexity index is 834. The van der Waals surface area contributed by atoms with Gasteiger partial charge in [0.25, 0.3) is 0 Å². The van der Waals surface area contributed by atoms with E-state index in [9.17, 15) is 4.79 Å². The molecule has 0 spiro atoms. The second-order valence-corrected chi connectivity index (χ2v) is 23.4. The normalized spacial score (nSPS) is 15.9. The molecule has 1 saturated heterocycles. The molecule has 2 aromatic heterocycles. The van der Waals surface area contributed by atoms with E-state index in [-0.39, 0.29) is 6.09 Å². The van der Waals surface area contributed by atoms with E-state index >= 15 is 0 Å². The van der Waals surface area contributed by atoms with Crippen molar-refractivity contribution in [2.24, 2.45) is 0 Å².